The number of ether oxygens (including phenoxy) is 2. The zero-order chi connectivity index (χ0) is 14.8. The minimum absolute atomic E-state index is 0.104. The van der Waals surface area contributed by atoms with Crippen molar-refractivity contribution >= 4 is 11.7 Å². The van der Waals surface area contributed by atoms with Crippen molar-refractivity contribution in [1.82, 2.24) is 0 Å². The van der Waals surface area contributed by atoms with Gasteiger partial charge in [-0.15, -0.1) is 13.2 Å². The van der Waals surface area contributed by atoms with Crippen molar-refractivity contribution < 1.29 is 27.4 Å². The van der Waals surface area contributed by atoms with Gasteiger partial charge in [0.15, 0.2) is 5.75 Å². The van der Waals surface area contributed by atoms with Gasteiger partial charge in [-0.1, -0.05) is 12.8 Å². The molecule has 1 fully saturated rings. The first kappa shape index (κ1) is 14.5. The van der Waals surface area contributed by atoms with Gasteiger partial charge in [0, 0.05) is 0 Å². The number of carbonyl (C=O) groups is 1. The molecule has 0 atom stereocenters. The number of nitrogen functional groups attached to an aromatic ring is 1. The summed E-state index contributed by atoms with van der Waals surface area (Å²) in [6.45, 7) is 0.310. The van der Waals surface area contributed by atoms with E-state index in [2.05, 4.69) is 4.74 Å². The molecule has 0 heterocycles. The van der Waals surface area contributed by atoms with Gasteiger partial charge in [-0.25, -0.2) is 4.79 Å². The number of nitrogens with two attached hydrogens (primary N) is 1. The minimum Gasteiger partial charge on any atom is -0.462 e. The Labute approximate surface area is 113 Å². The van der Waals surface area contributed by atoms with Crippen LogP contribution in [0.4, 0.5) is 18.9 Å². The first-order valence-electron chi connectivity index (χ1n) is 6.17. The Morgan fingerprint density at radius 2 is 2.05 bits per heavy atom. The molecule has 1 aromatic rings. The monoisotopic (exact) mass is 289 g/mol. The molecule has 0 radical (unpaired) electrons. The van der Waals surface area contributed by atoms with Gasteiger partial charge >= 0.3 is 12.3 Å². The summed E-state index contributed by atoms with van der Waals surface area (Å²) in [5.41, 5.74) is 5.26. The average molecular weight is 289 g/mol. The van der Waals surface area contributed by atoms with E-state index >= 15 is 0 Å². The molecule has 0 amide bonds. The molecule has 1 aliphatic carbocycles. The zero-order valence-corrected chi connectivity index (χ0v) is 10.6. The largest absolute Gasteiger partial charge is 0.573 e. The molecule has 0 aromatic heterocycles. The third-order valence-corrected chi connectivity index (χ3v) is 2.93. The molecule has 0 saturated heterocycles. The van der Waals surface area contributed by atoms with Crippen molar-refractivity contribution in [3.05, 3.63) is 23.8 Å². The second-order valence-electron chi connectivity index (χ2n) is 4.67. The molecule has 1 saturated carbocycles. The number of hydrogen-bond donors (Lipinski definition) is 1. The van der Waals surface area contributed by atoms with E-state index in [1.165, 1.54) is 6.07 Å². The lowest BCUT2D eigenvalue weighted by atomic mass is 10.2. The summed E-state index contributed by atoms with van der Waals surface area (Å²) in [5.74, 6) is -0.502. The zero-order valence-electron chi connectivity index (χ0n) is 10.6. The molecular weight excluding hydrogens is 275 g/mol. The summed E-state index contributed by atoms with van der Waals surface area (Å²) in [4.78, 5) is 11.7. The number of esters is 1. The van der Waals surface area contributed by atoms with Crippen LogP contribution in [0.5, 0.6) is 5.75 Å². The molecule has 0 aliphatic heterocycles. The van der Waals surface area contributed by atoms with Crippen LogP contribution in [-0.4, -0.2) is 18.9 Å². The maximum Gasteiger partial charge on any atom is 0.573 e. The van der Waals surface area contributed by atoms with E-state index in [4.69, 9.17) is 10.5 Å². The topological polar surface area (TPSA) is 61.6 Å². The van der Waals surface area contributed by atoms with Crippen LogP contribution in [0.1, 0.15) is 29.6 Å². The molecule has 110 valence electrons. The van der Waals surface area contributed by atoms with E-state index in [0.29, 0.717) is 12.5 Å². The van der Waals surface area contributed by atoms with E-state index < -0.39 is 18.1 Å². The normalized spacial score (nSPS) is 14.9. The van der Waals surface area contributed by atoms with Crippen LogP contribution in [0.15, 0.2) is 18.2 Å². The van der Waals surface area contributed by atoms with E-state index in [0.717, 1.165) is 31.4 Å². The number of hydrogen-bond acceptors (Lipinski definition) is 4. The van der Waals surface area contributed by atoms with Crippen LogP contribution in [0.2, 0.25) is 0 Å². The highest BCUT2D eigenvalue weighted by Crippen LogP contribution is 2.32. The van der Waals surface area contributed by atoms with Crippen molar-refractivity contribution in [3.8, 4) is 5.75 Å². The molecule has 20 heavy (non-hydrogen) atoms. The maximum absolute atomic E-state index is 12.1. The average Bonchev–Trinajstić information content (AvgIpc) is 3.14. The number of alkyl halides is 3. The Hall–Kier alpha value is -1.92. The van der Waals surface area contributed by atoms with Crippen molar-refractivity contribution in [1.29, 1.82) is 0 Å². The fraction of sp³-hybridized carbons (Fsp3) is 0.462. The number of rotatable bonds is 5. The predicted octanol–water partition coefficient (Wildman–Crippen LogP) is 3.12. The molecule has 0 unspecified atom stereocenters. The molecule has 1 aromatic carbocycles. The standard InChI is InChI=1S/C13H14F3NO3/c14-13(15,16)20-11-4-3-9(7-10(11)17)12(18)19-6-5-8-1-2-8/h3-4,7-8H,1-2,5-6,17H2. The van der Waals surface area contributed by atoms with Gasteiger partial charge in [0.1, 0.15) is 0 Å². The smallest absolute Gasteiger partial charge is 0.462 e. The molecular formula is C13H14F3NO3. The first-order valence-corrected chi connectivity index (χ1v) is 6.17. The molecule has 0 bridgehead atoms. The minimum atomic E-state index is -4.82. The fourth-order valence-electron chi connectivity index (χ4n) is 1.70. The Morgan fingerprint density at radius 3 is 2.60 bits per heavy atom. The van der Waals surface area contributed by atoms with Crippen LogP contribution in [0.3, 0.4) is 0 Å². The Balaban J connectivity index is 1.94. The summed E-state index contributed by atoms with van der Waals surface area (Å²) < 4.78 is 44.9. The third-order valence-electron chi connectivity index (χ3n) is 2.93. The van der Waals surface area contributed by atoms with Gasteiger partial charge in [0.2, 0.25) is 0 Å². The lowest BCUT2D eigenvalue weighted by molar-refractivity contribution is -0.274. The van der Waals surface area contributed by atoms with Gasteiger partial charge in [-0.2, -0.15) is 0 Å². The van der Waals surface area contributed by atoms with E-state index in [1.54, 1.807) is 0 Å². The van der Waals surface area contributed by atoms with Gasteiger partial charge in [0.05, 0.1) is 17.9 Å². The van der Waals surface area contributed by atoms with Gasteiger partial charge in [-0.05, 0) is 30.5 Å². The highest BCUT2D eigenvalue weighted by molar-refractivity contribution is 5.91. The van der Waals surface area contributed by atoms with E-state index in [-0.39, 0.29) is 11.3 Å². The summed E-state index contributed by atoms with van der Waals surface area (Å²) >= 11 is 0. The fourth-order valence-corrected chi connectivity index (χ4v) is 1.70. The molecule has 4 nitrogen and oxygen atoms in total. The van der Waals surface area contributed by atoms with Crippen LogP contribution < -0.4 is 10.5 Å². The Kier molecular flexibility index (Phi) is 4.06. The van der Waals surface area contributed by atoms with Gasteiger partial charge < -0.3 is 15.2 Å². The molecule has 2 rings (SSSR count). The number of carbonyl (C=O) groups excluding carboxylic acids is 1. The molecule has 0 spiro atoms. The van der Waals surface area contributed by atoms with Crippen LogP contribution in [0, 0.1) is 5.92 Å². The second kappa shape index (κ2) is 5.60. The summed E-state index contributed by atoms with van der Waals surface area (Å²) in [7, 11) is 0. The van der Waals surface area contributed by atoms with Crippen LogP contribution >= 0.6 is 0 Å². The lowest BCUT2D eigenvalue weighted by Gasteiger charge is -2.12. The number of halogens is 3. The Morgan fingerprint density at radius 1 is 1.35 bits per heavy atom. The first-order chi connectivity index (χ1) is 9.35. The maximum atomic E-state index is 12.1. The quantitative estimate of drug-likeness (QED) is 0.668. The summed E-state index contributed by atoms with van der Waals surface area (Å²) in [6.07, 6.45) is -1.68. The van der Waals surface area contributed by atoms with Crippen molar-refractivity contribution in [2.45, 2.75) is 25.6 Å². The van der Waals surface area contributed by atoms with Crippen LogP contribution in [0.25, 0.3) is 0 Å². The highest BCUT2D eigenvalue weighted by atomic mass is 19.4. The molecule has 7 heteroatoms. The van der Waals surface area contributed by atoms with Crippen molar-refractivity contribution in [2.24, 2.45) is 5.92 Å². The summed E-state index contributed by atoms with van der Waals surface area (Å²) in [5, 5.41) is 0. The number of anilines is 1. The third kappa shape index (κ3) is 4.32. The van der Waals surface area contributed by atoms with Crippen LogP contribution in [-0.2, 0) is 4.74 Å². The second-order valence-corrected chi connectivity index (χ2v) is 4.67. The highest BCUT2D eigenvalue weighted by Gasteiger charge is 2.32. The van der Waals surface area contributed by atoms with Gasteiger partial charge in [0.25, 0.3) is 0 Å². The molecule has 2 N–H and O–H groups in total. The SMILES string of the molecule is Nc1cc(C(=O)OCCC2CC2)ccc1OC(F)(F)F. The Bertz CT molecular complexity index is 498. The number of benzene rings is 1. The van der Waals surface area contributed by atoms with E-state index in [9.17, 15) is 18.0 Å². The predicted molar refractivity (Wildman–Crippen MR) is 65.2 cm³/mol. The van der Waals surface area contributed by atoms with Crippen molar-refractivity contribution in [3.63, 3.8) is 0 Å². The lowest BCUT2D eigenvalue weighted by Crippen LogP contribution is -2.18. The van der Waals surface area contributed by atoms with Crippen molar-refractivity contribution in [2.75, 3.05) is 12.3 Å². The van der Waals surface area contributed by atoms with Gasteiger partial charge in [-0.3, -0.25) is 0 Å². The summed E-state index contributed by atoms with van der Waals surface area (Å²) in [6, 6.07) is 3.30. The van der Waals surface area contributed by atoms with E-state index in [1.807, 2.05) is 0 Å². The molecule has 1 aliphatic rings.